The monoisotopic (exact) mass is 370 g/mol. The second kappa shape index (κ2) is 18.9. The Bertz CT molecular complexity index is 363. The van der Waals surface area contributed by atoms with E-state index in [-0.39, 0.29) is 25.8 Å². The zero-order valence-corrected chi connectivity index (χ0v) is 16.9. The standard InChI is InChI=1S/C22H43NO3/c1-3-5-6-7-8-9-10-11-12-13-14-15-16-18-21(25)20(19-24)23-22(26)17-4-2/h16,18,20-21,24-25H,3-15,17,19H2,1-2H3,(H,23,26)/b18-16+/t20-,21+/m0/s1/i2D. The smallest absolute Gasteiger partial charge is 0.220 e. The van der Waals surface area contributed by atoms with E-state index in [1.807, 2.05) is 6.08 Å². The van der Waals surface area contributed by atoms with Crippen LogP contribution in [-0.2, 0) is 4.79 Å². The minimum Gasteiger partial charge on any atom is -0.394 e. The first kappa shape index (κ1) is 23.2. The molecule has 3 N–H and O–H groups in total. The molecule has 0 aromatic carbocycles. The Morgan fingerprint density at radius 2 is 1.58 bits per heavy atom. The van der Waals surface area contributed by atoms with E-state index < -0.39 is 12.1 Å². The molecule has 0 radical (unpaired) electrons. The summed E-state index contributed by atoms with van der Waals surface area (Å²) in [5.74, 6) is -0.223. The Labute approximate surface area is 162 Å². The molecule has 0 saturated carbocycles. The van der Waals surface area contributed by atoms with Crippen LogP contribution in [0.4, 0.5) is 0 Å². The lowest BCUT2D eigenvalue weighted by molar-refractivity contribution is -0.122. The first-order valence-electron chi connectivity index (χ1n) is 11.4. The third-order valence-corrected chi connectivity index (χ3v) is 4.67. The molecule has 0 unspecified atom stereocenters. The van der Waals surface area contributed by atoms with Crippen molar-refractivity contribution in [3.63, 3.8) is 0 Å². The number of rotatable bonds is 18. The van der Waals surface area contributed by atoms with Crippen molar-refractivity contribution < 1.29 is 16.4 Å². The lowest BCUT2D eigenvalue weighted by Gasteiger charge is -2.19. The maximum atomic E-state index is 11.6. The third kappa shape index (κ3) is 15.4. The van der Waals surface area contributed by atoms with Gasteiger partial charge in [0.1, 0.15) is 0 Å². The summed E-state index contributed by atoms with van der Waals surface area (Å²) in [5, 5.41) is 22.0. The number of nitrogens with one attached hydrogen (secondary N) is 1. The number of aliphatic hydroxyl groups is 2. The summed E-state index contributed by atoms with van der Waals surface area (Å²) in [7, 11) is 0. The van der Waals surface area contributed by atoms with Gasteiger partial charge in [-0.05, 0) is 19.3 Å². The van der Waals surface area contributed by atoms with Gasteiger partial charge in [0.2, 0.25) is 5.91 Å². The molecule has 0 aromatic rings. The fourth-order valence-electron chi connectivity index (χ4n) is 2.97. The topological polar surface area (TPSA) is 69.6 Å². The largest absolute Gasteiger partial charge is 0.394 e. The Morgan fingerprint density at radius 1 is 1.00 bits per heavy atom. The molecule has 0 fully saturated rings. The van der Waals surface area contributed by atoms with E-state index in [4.69, 9.17) is 1.37 Å². The van der Waals surface area contributed by atoms with Gasteiger partial charge in [0.25, 0.3) is 0 Å². The Morgan fingerprint density at radius 3 is 2.12 bits per heavy atom. The third-order valence-electron chi connectivity index (χ3n) is 4.67. The molecule has 1 amide bonds. The van der Waals surface area contributed by atoms with Crippen LogP contribution in [0.5, 0.6) is 0 Å². The molecule has 0 saturated heterocycles. The lowest BCUT2D eigenvalue weighted by Crippen LogP contribution is -2.45. The van der Waals surface area contributed by atoms with Crippen molar-refractivity contribution in [1.82, 2.24) is 5.32 Å². The van der Waals surface area contributed by atoms with Gasteiger partial charge in [0.15, 0.2) is 0 Å². The van der Waals surface area contributed by atoms with Crippen molar-refractivity contribution in [1.29, 1.82) is 0 Å². The summed E-state index contributed by atoms with van der Waals surface area (Å²) in [4.78, 5) is 11.6. The number of amides is 1. The summed E-state index contributed by atoms with van der Waals surface area (Å²) in [6.07, 6.45) is 18.9. The van der Waals surface area contributed by atoms with Gasteiger partial charge >= 0.3 is 0 Å². The van der Waals surface area contributed by atoms with Gasteiger partial charge in [-0.1, -0.05) is 90.2 Å². The number of allylic oxidation sites excluding steroid dienone is 1. The van der Waals surface area contributed by atoms with Crippen LogP contribution in [0, 0.1) is 0 Å². The van der Waals surface area contributed by atoms with Crippen molar-refractivity contribution in [3.8, 4) is 0 Å². The van der Waals surface area contributed by atoms with Gasteiger partial charge < -0.3 is 15.5 Å². The van der Waals surface area contributed by atoms with Crippen LogP contribution >= 0.6 is 0 Å². The summed E-state index contributed by atoms with van der Waals surface area (Å²) >= 11 is 0. The van der Waals surface area contributed by atoms with Crippen molar-refractivity contribution >= 4 is 5.91 Å². The van der Waals surface area contributed by atoms with E-state index >= 15 is 0 Å². The molecule has 154 valence electrons. The van der Waals surface area contributed by atoms with Crippen LogP contribution in [0.15, 0.2) is 12.2 Å². The van der Waals surface area contributed by atoms with Gasteiger partial charge in [0.05, 0.1) is 18.8 Å². The van der Waals surface area contributed by atoms with Gasteiger partial charge in [-0.2, -0.15) is 0 Å². The highest BCUT2D eigenvalue weighted by molar-refractivity contribution is 5.76. The highest BCUT2D eigenvalue weighted by Gasteiger charge is 2.17. The molecule has 2 atom stereocenters. The van der Waals surface area contributed by atoms with E-state index in [0.29, 0.717) is 6.42 Å². The quantitative estimate of drug-likeness (QED) is 0.238. The summed E-state index contributed by atoms with van der Waals surface area (Å²) in [6.45, 7) is 2.16. The molecule has 4 heteroatoms. The fourth-order valence-corrected chi connectivity index (χ4v) is 2.97. The summed E-state index contributed by atoms with van der Waals surface area (Å²) < 4.78 is 7.04. The molecule has 0 spiro atoms. The molecule has 0 heterocycles. The van der Waals surface area contributed by atoms with Crippen LogP contribution in [0.3, 0.4) is 0 Å². The minimum atomic E-state index is -0.873. The van der Waals surface area contributed by atoms with E-state index in [9.17, 15) is 15.0 Å². The predicted molar refractivity (Wildman–Crippen MR) is 110 cm³/mol. The first-order valence-corrected chi connectivity index (χ1v) is 10.7. The average Bonchev–Trinajstić information content (AvgIpc) is 2.67. The van der Waals surface area contributed by atoms with Gasteiger partial charge in [-0.15, -0.1) is 0 Å². The summed E-state index contributed by atoms with van der Waals surface area (Å²) in [6, 6.07) is -0.670. The normalized spacial score (nSPS) is 14.3. The van der Waals surface area contributed by atoms with Crippen molar-refractivity contribution in [2.45, 2.75) is 116 Å². The predicted octanol–water partition coefficient (Wildman–Crippen LogP) is 4.88. The average molecular weight is 371 g/mol. The molecule has 0 aromatic heterocycles. The molecular weight excluding hydrogens is 326 g/mol. The van der Waals surface area contributed by atoms with Crippen molar-refractivity contribution in [3.05, 3.63) is 12.2 Å². The van der Waals surface area contributed by atoms with Crippen LogP contribution in [0.2, 0.25) is 0 Å². The zero-order valence-electron chi connectivity index (χ0n) is 17.9. The maximum absolute atomic E-state index is 11.6. The lowest BCUT2D eigenvalue weighted by atomic mass is 10.0. The van der Waals surface area contributed by atoms with Crippen LogP contribution in [0.25, 0.3) is 0 Å². The van der Waals surface area contributed by atoms with E-state index in [1.54, 1.807) is 6.08 Å². The molecule has 0 aliphatic heterocycles. The number of carbonyl (C=O) groups excluding carboxylic acids is 1. The van der Waals surface area contributed by atoms with Crippen molar-refractivity contribution in [2.75, 3.05) is 6.61 Å². The zero-order chi connectivity index (χ0) is 20.2. The first-order chi connectivity index (χ1) is 13.2. The van der Waals surface area contributed by atoms with Crippen LogP contribution in [-0.4, -0.2) is 34.9 Å². The fraction of sp³-hybridized carbons (Fsp3) is 0.864. The highest BCUT2D eigenvalue weighted by atomic mass is 16.3. The molecule has 26 heavy (non-hydrogen) atoms. The molecule has 0 rings (SSSR count). The molecule has 0 bridgehead atoms. The molecule has 0 aliphatic rings. The van der Waals surface area contributed by atoms with E-state index in [2.05, 4.69) is 12.2 Å². The Hall–Kier alpha value is -0.870. The van der Waals surface area contributed by atoms with Gasteiger partial charge in [0, 0.05) is 7.79 Å². The minimum absolute atomic E-state index is 0.207. The van der Waals surface area contributed by atoms with Crippen LogP contribution < -0.4 is 5.32 Å². The van der Waals surface area contributed by atoms with Gasteiger partial charge in [-0.3, -0.25) is 4.79 Å². The summed E-state index contributed by atoms with van der Waals surface area (Å²) in [5.41, 5.74) is 0. The number of aliphatic hydroxyl groups excluding tert-OH is 2. The number of hydrogen-bond donors (Lipinski definition) is 3. The molecule has 0 aliphatic carbocycles. The van der Waals surface area contributed by atoms with Crippen LogP contribution in [0.1, 0.15) is 105 Å². The van der Waals surface area contributed by atoms with Gasteiger partial charge in [-0.25, -0.2) is 0 Å². The number of carbonyl (C=O) groups is 1. The Kier molecular flexibility index (Phi) is 16.8. The van der Waals surface area contributed by atoms with Crippen molar-refractivity contribution in [2.24, 2.45) is 0 Å². The second-order valence-corrected chi connectivity index (χ2v) is 7.20. The molecule has 4 nitrogen and oxygen atoms in total. The Balaban J connectivity index is 3.63. The second-order valence-electron chi connectivity index (χ2n) is 7.20. The number of hydrogen-bond acceptors (Lipinski definition) is 3. The highest BCUT2D eigenvalue weighted by Crippen LogP contribution is 2.12. The number of unbranched alkanes of at least 4 members (excludes halogenated alkanes) is 11. The molecular formula is C22H43NO3. The van der Waals surface area contributed by atoms with E-state index in [1.165, 1.54) is 64.2 Å². The van der Waals surface area contributed by atoms with E-state index in [0.717, 1.165) is 12.8 Å². The maximum Gasteiger partial charge on any atom is 0.220 e. The SMILES string of the molecule is [2H]CCCC(=O)N[C@@H](CO)[C@H](O)/C=C/CCCCCCCCCCCCC.